The lowest BCUT2D eigenvalue weighted by atomic mass is 10.1. The number of benzene rings is 3. The molecule has 0 amide bonds. The molecule has 0 unspecified atom stereocenters. The molecule has 1 aromatic heterocycles. The Morgan fingerprint density at radius 3 is 2.17 bits per heavy atom. The lowest BCUT2D eigenvalue weighted by Gasteiger charge is -2.12. The highest BCUT2D eigenvalue weighted by Gasteiger charge is 2.27. The predicted octanol–water partition coefficient (Wildman–Crippen LogP) is 3.61. The number of carbonyl (C=O) groups is 1. The van der Waals surface area contributed by atoms with Crippen LogP contribution in [-0.4, -0.2) is 24.7 Å². The summed E-state index contributed by atoms with van der Waals surface area (Å²) in [5.41, 5.74) is 7.66. The summed E-state index contributed by atoms with van der Waals surface area (Å²) in [6.07, 6.45) is 0.589. The molecular formula is C23H20N2O3S. The maximum Gasteiger partial charge on any atom is 0.268 e. The minimum atomic E-state index is -3.97. The molecule has 0 aliphatic heterocycles. The number of hydrogen-bond donors (Lipinski definition) is 1. The van der Waals surface area contributed by atoms with Crippen molar-refractivity contribution in [2.45, 2.75) is 11.3 Å². The van der Waals surface area contributed by atoms with Gasteiger partial charge in [-0.1, -0.05) is 60.7 Å². The van der Waals surface area contributed by atoms with Gasteiger partial charge in [-0.15, -0.1) is 0 Å². The largest absolute Gasteiger partial charge is 0.330 e. The number of fused-ring (bicyclic) bond motifs is 1. The second kappa shape index (κ2) is 7.66. The van der Waals surface area contributed by atoms with Gasteiger partial charge in [-0.05, 0) is 42.8 Å². The Labute approximate surface area is 169 Å². The first-order valence-corrected chi connectivity index (χ1v) is 10.7. The van der Waals surface area contributed by atoms with Gasteiger partial charge in [0.2, 0.25) is 5.78 Å². The highest BCUT2D eigenvalue weighted by atomic mass is 32.2. The Morgan fingerprint density at radius 2 is 1.52 bits per heavy atom. The van der Waals surface area contributed by atoms with Gasteiger partial charge in [0.25, 0.3) is 10.0 Å². The maximum absolute atomic E-state index is 13.5. The lowest BCUT2D eigenvalue weighted by Crippen LogP contribution is -2.19. The van der Waals surface area contributed by atoms with Gasteiger partial charge in [0.05, 0.1) is 10.4 Å². The van der Waals surface area contributed by atoms with E-state index in [1.54, 1.807) is 60.7 Å². The molecule has 0 bridgehead atoms. The first kappa shape index (κ1) is 19.1. The third-order valence-corrected chi connectivity index (χ3v) is 6.60. The molecule has 1 heterocycles. The van der Waals surface area contributed by atoms with E-state index in [1.807, 2.05) is 12.1 Å². The molecule has 6 heteroatoms. The number of nitrogens with two attached hydrogens (primary N) is 1. The number of hydrogen-bond acceptors (Lipinski definition) is 4. The highest BCUT2D eigenvalue weighted by molar-refractivity contribution is 7.90. The molecule has 3 aromatic carbocycles. The monoisotopic (exact) mass is 404 g/mol. The second-order valence-electron chi connectivity index (χ2n) is 6.70. The van der Waals surface area contributed by atoms with Crippen LogP contribution in [0.15, 0.2) is 89.8 Å². The van der Waals surface area contributed by atoms with E-state index in [4.69, 9.17) is 5.73 Å². The molecule has 5 nitrogen and oxygen atoms in total. The van der Waals surface area contributed by atoms with Crippen LogP contribution in [0.25, 0.3) is 10.9 Å². The molecule has 0 spiro atoms. The van der Waals surface area contributed by atoms with Crippen molar-refractivity contribution in [3.8, 4) is 0 Å². The van der Waals surface area contributed by atoms with E-state index in [1.165, 1.54) is 12.1 Å². The summed E-state index contributed by atoms with van der Waals surface area (Å²) in [4.78, 5) is 13.4. The zero-order valence-corrected chi connectivity index (χ0v) is 16.5. The van der Waals surface area contributed by atoms with Crippen LogP contribution < -0.4 is 5.73 Å². The zero-order chi connectivity index (χ0) is 20.4. The van der Waals surface area contributed by atoms with Gasteiger partial charge in [-0.3, -0.25) is 4.79 Å². The Balaban J connectivity index is 2.04. The van der Waals surface area contributed by atoms with Gasteiger partial charge < -0.3 is 5.73 Å². The van der Waals surface area contributed by atoms with Crippen molar-refractivity contribution in [3.05, 3.63) is 102 Å². The average Bonchev–Trinajstić information content (AvgIpc) is 3.16. The highest BCUT2D eigenvalue weighted by Crippen LogP contribution is 2.29. The summed E-state index contributed by atoms with van der Waals surface area (Å²) in [7, 11) is -3.97. The van der Waals surface area contributed by atoms with E-state index in [2.05, 4.69) is 0 Å². The molecule has 29 heavy (non-hydrogen) atoms. The average molecular weight is 404 g/mol. The molecule has 0 aliphatic rings. The minimum Gasteiger partial charge on any atom is -0.330 e. The first-order chi connectivity index (χ1) is 14.0. The normalized spacial score (nSPS) is 11.6. The standard InChI is InChI=1S/C23H20N2O3S/c24-15-14-17-10-7-13-21-20(17)16-22(23(26)18-8-3-1-4-9-18)25(21)29(27,28)19-11-5-2-6-12-19/h1-13,16H,14-15,24H2. The van der Waals surface area contributed by atoms with Gasteiger partial charge >= 0.3 is 0 Å². The summed E-state index contributed by atoms with van der Waals surface area (Å²) in [5.74, 6) is -0.347. The van der Waals surface area contributed by atoms with Gasteiger partial charge in [-0.25, -0.2) is 12.4 Å². The summed E-state index contributed by atoms with van der Waals surface area (Å²) in [5, 5.41) is 0.719. The van der Waals surface area contributed by atoms with E-state index in [0.717, 1.165) is 14.9 Å². The van der Waals surface area contributed by atoms with Crippen LogP contribution in [0.2, 0.25) is 0 Å². The van der Waals surface area contributed by atoms with Crippen molar-refractivity contribution in [2.75, 3.05) is 6.54 Å². The third kappa shape index (κ3) is 3.37. The fourth-order valence-electron chi connectivity index (χ4n) is 3.49. The summed E-state index contributed by atoms with van der Waals surface area (Å²) in [6, 6.07) is 23.9. The molecule has 0 saturated carbocycles. The van der Waals surface area contributed by atoms with E-state index < -0.39 is 10.0 Å². The van der Waals surface area contributed by atoms with E-state index in [9.17, 15) is 13.2 Å². The van der Waals surface area contributed by atoms with E-state index in [0.29, 0.717) is 24.0 Å². The first-order valence-electron chi connectivity index (χ1n) is 9.28. The smallest absolute Gasteiger partial charge is 0.268 e. The SMILES string of the molecule is NCCc1cccc2c1cc(C(=O)c1ccccc1)n2S(=O)(=O)c1ccccc1. The summed E-state index contributed by atoms with van der Waals surface area (Å²) >= 11 is 0. The van der Waals surface area contributed by atoms with Crippen molar-refractivity contribution in [1.29, 1.82) is 0 Å². The maximum atomic E-state index is 13.5. The Hall–Kier alpha value is -3.22. The molecule has 2 N–H and O–H groups in total. The minimum absolute atomic E-state index is 0.111. The van der Waals surface area contributed by atoms with Crippen LogP contribution in [0.1, 0.15) is 21.6 Å². The van der Waals surface area contributed by atoms with Crippen LogP contribution >= 0.6 is 0 Å². The van der Waals surface area contributed by atoms with Crippen LogP contribution in [0.5, 0.6) is 0 Å². The van der Waals surface area contributed by atoms with Crippen molar-refractivity contribution in [3.63, 3.8) is 0 Å². The Kier molecular flexibility index (Phi) is 5.05. The fourth-order valence-corrected chi connectivity index (χ4v) is 5.02. The molecule has 4 aromatic rings. The number of aromatic nitrogens is 1. The fraction of sp³-hybridized carbons (Fsp3) is 0.0870. The number of carbonyl (C=O) groups excluding carboxylic acids is 1. The van der Waals surface area contributed by atoms with Crippen molar-refractivity contribution in [2.24, 2.45) is 5.73 Å². The van der Waals surface area contributed by atoms with Gasteiger partial charge in [0, 0.05) is 10.9 Å². The predicted molar refractivity (Wildman–Crippen MR) is 114 cm³/mol. The van der Waals surface area contributed by atoms with Crippen LogP contribution in [0, 0.1) is 0 Å². The Morgan fingerprint density at radius 1 is 0.862 bits per heavy atom. The topological polar surface area (TPSA) is 82.2 Å². The van der Waals surface area contributed by atoms with Gasteiger partial charge in [-0.2, -0.15) is 0 Å². The zero-order valence-electron chi connectivity index (χ0n) is 15.7. The van der Waals surface area contributed by atoms with Crippen LogP contribution in [-0.2, 0) is 16.4 Å². The van der Waals surface area contributed by atoms with Crippen molar-refractivity contribution < 1.29 is 13.2 Å². The summed E-state index contributed by atoms with van der Waals surface area (Å²) < 4.78 is 28.2. The molecule has 0 atom stereocenters. The third-order valence-electron chi connectivity index (χ3n) is 4.86. The van der Waals surface area contributed by atoms with E-state index in [-0.39, 0.29) is 16.4 Å². The summed E-state index contributed by atoms with van der Waals surface area (Å²) in [6.45, 7) is 0.428. The van der Waals surface area contributed by atoms with Crippen molar-refractivity contribution >= 4 is 26.7 Å². The lowest BCUT2D eigenvalue weighted by molar-refractivity contribution is 0.103. The van der Waals surface area contributed by atoms with Crippen LogP contribution in [0.3, 0.4) is 0 Å². The molecule has 0 radical (unpaired) electrons. The van der Waals surface area contributed by atoms with Gasteiger partial charge in [0.15, 0.2) is 0 Å². The molecular weight excluding hydrogens is 384 g/mol. The Bertz CT molecular complexity index is 1280. The molecule has 146 valence electrons. The van der Waals surface area contributed by atoms with Crippen LogP contribution in [0.4, 0.5) is 0 Å². The van der Waals surface area contributed by atoms with Gasteiger partial charge in [0.1, 0.15) is 5.69 Å². The molecule has 0 saturated heterocycles. The second-order valence-corrected chi connectivity index (χ2v) is 8.48. The van der Waals surface area contributed by atoms with Crippen molar-refractivity contribution in [1.82, 2.24) is 3.97 Å². The molecule has 0 aliphatic carbocycles. The molecule has 0 fully saturated rings. The number of nitrogens with zero attached hydrogens (tertiary/aromatic N) is 1. The quantitative estimate of drug-likeness (QED) is 0.498. The number of rotatable bonds is 6. The van der Waals surface area contributed by atoms with E-state index >= 15 is 0 Å². The molecule has 4 rings (SSSR count). The number of ketones is 1.